The molecule has 2 aromatic rings. The number of nitrogens with two attached hydrogens (primary N) is 1. The minimum absolute atomic E-state index is 0.829. The van der Waals surface area contributed by atoms with E-state index in [-0.39, 0.29) is 0 Å². The summed E-state index contributed by atoms with van der Waals surface area (Å²) < 4.78 is 0. The lowest BCUT2D eigenvalue weighted by atomic mass is 10.1. The first-order valence-electron chi connectivity index (χ1n) is 5.76. The maximum atomic E-state index is 5.80. The molecule has 0 heterocycles. The molecular formula is C15H18N2. The van der Waals surface area contributed by atoms with Gasteiger partial charge in [-0.3, -0.25) is 0 Å². The van der Waals surface area contributed by atoms with Gasteiger partial charge >= 0.3 is 0 Å². The molecule has 2 aromatic carbocycles. The average molecular weight is 226 g/mol. The highest BCUT2D eigenvalue weighted by Crippen LogP contribution is 2.22. The van der Waals surface area contributed by atoms with Crippen LogP contribution in [0.5, 0.6) is 0 Å². The molecular weight excluding hydrogens is 208 g/mol. The van der Waals surface area contributed by atoms with Crippen molar-refractivity contribution in [3.8, 4) is 0 Å². The first-order chi connectivity index (χ1) is 8.06. The second kappa shape index (κ2) is 4.50. The molecule has 0 saturated heterocycles. The lowest BCUT2D eigenvalue weighted by Crippen LogP contribution is -1.94. The van der Waals surface area contributed by atoms with E-state index < -0.39 is 0 Å². The summed E-state index contributed by atoms with van der Waals surface area (Å²) in [6.07, 6.45) is 0. The van der Waals surface area contributed by atoms with E-state index in [1.807, 2.05) is 19.1 Å². The molecule has 2 nitrogen and oxygen atoms in total. The lowest BCUT2D eigenvalue weighted by Gasteiger charge is -2.10. The number of nitrogens with one attached hydrogen (secondary N) is 1. The molecule has 0 saturated carbocycles. The molecule has 0 spiro atoms. The fourth-order valence-corrected chi connectivity index (χ4v) is 1.74. The number of benzene rings is 2. The zero-order valence-electron chi connectivity index (χ0n) is 10.5. The lowest BCUT2D eigenvalue weighted by molar-refractivity contribution is 1.33. The van der Waals surface area contributed by atoms with Crippen molar-refractivity contribution in [3.05, 3.63) is 53.1 Å². The van der Waals surface area contributed by atoms with Gasteiger partial charge in [-0.2, -0.15) is 0 Å². The molecule has 2 heteroatoms. The number of rotatable bonds is 2. The van der Waals surface area contributed by atoms with Crippen LogP contribution in [0.3, 0.4) is 0 Å². The highest BCUT2D eigenvalue weighted by Gasteiger charge is 1.99. The summed E-state index contributed by atoms with van der Waals surface area (Å²) in [6, 6.07) is 12.4. The van der Waals surface area contributed by atoms with Crippen LogP contribution in [-0.4, -0.2) is 0 Å². The van der Waals surface area contributed by atoms with Crippen LogP contribution in [-0.2, 0) is 0 Å². The second-order valence-electron chi connectivity index (χ2n) is 4.50. The van der Waals surface area contributed by atoms with Crippen LogP contribution >= 0.6 is 0 Å². The fourth-order valence-electron chi connectivity index (χ4n) is 1.74. The van der Waals surface area contributed by atoms with E-state index in [1.165, 1.54) is 11.1 Å². The van der Waals surface area contributed by atoms with E-state index >= 15 is 0 Å². The Bertz CT molecular complexity index is 495. The minimum atomic E-state index is 0.829. The van der Waals surface area contributed by atoms with Crippen LogP contribution in [0, 0.1) is 20.8 Å². The van der Waals surface area contributed by atoms with Crippen LogP contribution in [0.4, 0.5) is 17.1 Å². The van der Waals surface area contributed by atoms with Crippen molar-refractivity contribution in [1.29, 1.82) is 0 Å². The molecule has 0 amide bonds. The maximum absolute atomic E-state index is 5.80. The van der Waals surface area contributed by atoms with E-state index in [4.69, 9.17) is 5.73 Å². The molecule has 0 aliphatic heterocycles. The predicted molar refractivity (Wildman–Crippen MR) is 74.8 cm³/mol. The van der Waals surface area contributed by atoms with Gasteiger partial charge in [-0.05, 0) is 67.8 Å². The quantitative estimate of drug-likeness (QED) is 0.761. The van der Waals surface area contributed by atoms with Crippen molar-refractivity contribution in [2.75, 3.05) is 11.1 Å². The Morgan fingerprint density at radius 2 is 1.35 bits per heavy atom. The normalized spacial score (nSPS) is 10.3. The van der Waals surface area contributed by atoms with Crippen LogP contribution in [0.1, 0.15) is 16.7 Å². The Labute approximate surface area is 102 Å². The smallest absolute Gasteiger partial charge is 0.0388 e. The highest BCUT2D eigenvalue weighted by atomic mass is 14.9. The molecule has 0 radical (unpaired) electrons. The first-order valence-corrected chi connectivity index (χ1v) is 5.76. The van der Waals surface area contributed by atoms with Gasteiger partial charge in [0.15, 0.2) is 0 Å². The SMILES string of the molecule is Cc1ccc(Nc2ccc(N)c(C)c2)cc1C. The summed E-state index contributed by atoms with van der Waals surface area (Å²) >= 11 is 0. The van der Waals surface area contributed by atoms with Gasteiger partial charge < -0.3 is 11.1 Å². The van der Waals surface area contributed by atoms with E-state index in [2.05, 4.69) is 43.4 Å². The molecule has 0 fully saturated rings. The molecule has 0 aliphatic carbocycles. The Morgan fingerprint density at radius 3 is 1.94 bits per heavy atom. The Hall–Kier alpha value is -1.96. The predicted octanol–water partition coefficient (Wildman–Crippen LogP) is 3.94. The molecule has 2 rings (SSSR count). The summed E-state index contributed by atoms with van der Waals surface area (Å²) in [4.78, 5) is 0. The van der Waals surface area contributed by atoms with Crippen molar-refractivity contribution in [3.63, 3.8) is 0 Å². The average Bonchev–Trinajstić information content (AvgIpc) is 2.29. The topological polar surface area (TPSA) is 38.0 Å². The van der Waals surface area contributed by atoms with Crippen molar-refractivity contribution < 1.29 is 0 Å². The van der Waals surface area contributed by atoms with Gasteiger partial charge in [0.2, 0.25) is 0 Å². The summed E-state index contributed by atoms with van der Waals surface area (Å²) in [5.74, 6) is 0. The maximum Gasteiger partial charge on any atom is 0.0388 e. The van der Waals surface area contributed by atoms with Crippen LogP contribution in [0.2, 0.25) is 0 Å². The second-order valence-corrected chi connectivity index (χ2v) is 4.50. The third-order valence-corrected chi connectivity index (χ3v) is 3.07. The molecule has 3 N–H and O–H groups in total. The van der Waals surface area contributed by atoms with Gasteiger partial charge in [-0.25, -0.2) is 0 Å². The molecule has 0 unspecified atom stereocenters. The largest absolute Gasteiger partial charge is 0.399 e. The van der Waals surface area contributed by atoms with Crippen molar-refractivity contribution in [1.82, 2.24) is 0 Å². The van der Waals surface area contributed by atoms with Crippen molar-refractivity contribution in [2.24, 2.45) is 0 Å². The van der Waals surface area contributed by atoms with Crippen molar-refractivity contribution in [2.45, 2.75) is 20.8 Å². The van der Waals surface area contributed by atoms with Crippen LogP contribution < -0.4 is 11.1 Å². The summed E-state index contributed by atoms with van der Waals surface area (Å²) in [6.45, 7) is 6.25. The minimum Gasteiger partial charge on any atom is -0.399 e. The van der Waals surface area contributed by atoms with Gasteiger partial charge in [0.05, 0.1) is 0 Å². The standard InChI is InChI=1S/C15H18N2/c1-10-4-5-13(8-11(10)2)17-14-6-7-15(16)12(3)9-14/h4-9,17H,16H2,1-3H3. The molecule has 0 aromatic heterocycles. The molecule has 88 valence electrons. The van der Waals surface area contributed by atoms with Crippen LogP contribution in [0.15, 0.2) is 36.4 Å². The Kier molecular flexibility index (Phi) is 3.05. The monoisotopic (exact) mass is 226 g/mol. The Balaban J connectivity index is 2.25. The molecule has 0 atom stereocenters. The van der Waals surface area contributed by atoms with Gasteiger partial charge in [0.25, 0.3) is 0 Å². The molecule has 0 bridgehead atoms. The van der Waals surface area contributed by atoms with Crippen molar-refractivity contribution >= 4 is 17.1 Å². The summed E-state index contributed by atoms with van der Waals surface area (Å²) in [5.41, 5.74) is 12.5. The molecule has 0 aliphatic rings. The van der Waals surface area contributed by atoms with Gasteiger partial charge in [0.1, 0.15) is 0 Å². The van der Waals surface area contributed by atoms with E-state index in [0.29, 0.717) is 0 Å². The number of hydrogen-bond donors (Lipinski definition) is 2. The van der Waals surface area contributed by atoms with E-state index in [9.17, 15) is 0 Å². The number of hydrogen-bond acceptors (Lipinski definition) is 2. The zero-order valence-corrected chi connectivity index (χ0v) is 10.5. The van der Waals surface area contributed by atoms with E-state index in [0.717, 1.165) is 22.6 Å². The first kappa shape index (κ1) is 11.5. The number of anilines is 3. The van der Waals surface area contributed by atoms with Crippen LogP contribution in [0.25, 0.3) is 0 Å². The Morgan fingerprint density at radius 1 is 0.765 bits per heavy atom. The molecule has 17 heavy (non-hydrogen) atoms. The van der Waals surface area contributed by atoms with Gasteiger partial charge in [0, 0.05) is 17.1 Å². The van der Waals surface area contributed by atoms with Gasteiger partial charge in [-0.1, -0.05) is 6.07 Å². The number of aryl methyl sites for hydroxylation is 3. The van der Waals surface area contributed by atoms with E-state index in [1.54, 1.807) is 0 Å². The van der Waals surface area contributed by atoms with Gasteiger partial charge in [-0.15, -0.1) is 0 Å². The number of nitrogen functional groups attached to an aromatic ring is 1. The fraction of sp³-hybridized carbons (Fsp3) is 0.200. The summed E-state index contributed by atoms with van der Waals surface area (Å²) in [7, 11) is 0. The third kappa shape index (κ3) is 2.59. The third-order valence-electron chi connectivity index (χ3n) is 3.07. The highest BCUT2D eigenvalue weighted by molar-refractivity contribution is 5.64. The zero-order chi connectivity index (χ0) is 12.4. The summed E-state index contributed by atoms with van der Waals surface area (Å²) in [5, 5.41) is 3.38.